The van der Waals surface area contributed by atoms with Crippen LogP contribution in [-0.4, -0.2) is 11.8 Å². The molecule has 0 aliphatic heterocycles. The van der Waals surface area contributed by atoms with Crippen molar-refractivity contribution in [3.63, 3.8) is 0 Å². The van der Waals surface area contributed by atoms with E-state index in [9.17, 15) is 4.79 Å². The summed E-state index contributed by atoms with van der Waals surface area (Å²) in [7, 11) is 0. The number of carbonyl (C=O) groups is 1. The van der Waals surface area contributed by atoms with E-state index in [2.05, 4.69) is 6.92 Å². The van der Waals surface area contributed by atoms with Crippen LogP contribution in [0.3, 0.4) is 0 Å². The summed E-state index contributed by atoms with van der Waals surface area (Å²) in [6, 6.07) is -0.250. The SMILES string of the molecule is CCCCCCCCCCC(=O)C(N)C(C)C. The van der Waals surface area contributed by atoms with E-state index in [1.165, 1.54) is 44.9 Å². The molecule has 0 saturated heterocycles. The maximum atomic E-state index is 11.6. The summed E-state index contributed by atoms with van der Waals surface area (Å²) in [5.41, 5.74) is 5.81. The normalized spacial score (nSPS) is 13.0. The van der Waals surface area contributed by atoms with Crippen LogP contribution >= 0.6 is 0 Å². The average molecular weight is 241 g/mol. The molecule has 1 unspecified atom stereocenters. The van der Waals surface area contributed by atoms with Gasteiger partial charge in [0.2, 0.25) is 0 Å². The highest BCUT2D eigenvalue weighted by molar-refractivity contribution is 5.83. The molecule has 0 aliphatic rings. The summed E-state index contributed by atoms with van der Waals surface area (Å²) >= 11 is 0. The fourth-order valence-corrected chi connectivity index (χ4v) is 1.97. The van der Waals surface area contributed by atoms with Crippen molar-refractivity contribution in [3.05, 3.63) is 0 Å². The van der Waals surface area contributed by atoms with Crippen LogP contribution in [-0.2, 0) is 4.79 Å². The van der Waals surface area contributed by atoms with E-state index < -0.39 is 0 Å². The number of rotatable bonds is 11. The van der Waals surface area contributed by atoms with Crippen LogP contribution in [0.2, 0.25) is 0 Å². The van der Waals surface area contributed by atoms with Gasteiger partial charge >= 0.3 is 0 Å². The number of carbonyl (C=O) groups excluding carboxylic acids is 1. The van der Waals surface area contributed by atoms with Crippen LogP contribution in [0.25, 0.3) is 0 Å². The molecule has 17 heavy (non-hydrogen) atoms. The third-order valence-corrected chi connectivity index (χ3v) is 3.37. The Hall–Kier alpha value is -0.370. The van der Waals surface area contributed by atoms with Crippen molar-refractivity contribution in [2.75, 3.05) is 0 Å². The van der Waals surface area contributed by atoms with E-state index in [4.69, 9.17) is 5.73 Å². The average Bonchev–Trinajstić information content (AvgIpc) is 2.31. The molecule has 0 saturated carbocycles. The summed E-state index contributed by atoms with van der Waals surface area (Å²) in [5.74, 6) is 0.516. The molecular weight excluding hydrogens is 210 g/mol. The first-order chi connectivity index (χ1) is 8.09. The van der Waals surface area contributed by atoms with Gasteiger partial charge in [-0.05, 0) is 12.3 Å². The van der Waals surface area contributed by atoms with Crippen molar-refractivity contribution >= 4 is 5.78 Å². The predicted molar refractivity (Wildman–Crippen MR) is 75.0 cm³/mol. The molecule has 0 amide bonds. The summed E-state index contributed by atoms with van der Waals surface area (Å²) in [6.45, 7) is 6.26. The number of nitrogens with two attached hydrogens (primary N) is 1. The molecule has 2 nitrogen and oxygen atoms in total. The van der Waals surface area contributed by atoms with Crippen molar-refractivity contribution in [3.8, 4) is 0 Å². The Labute approximate surface area is 107 Å². The Morgan fingerprint density at radius 3 is 1.88 bits per heavy atom. The molecule has 0 aromatic rings. The molecule has 1 atom stereocenters. The van der Waals surface area contributed by atoms with Crippen molar-refractivity contribution in [1.82, 2.24) is 0 Å². The minimum Gasteiger partial charge on any atom is -0.321 e. The second kappa shape index (κ2) is 10.8. The van der Waals surface area contributed by atoms with Crippen LogP contribution in [0.15, 0.2) is 0 Å². The molecule has 0 fully saturated rings. The standard InChI is InChI=1S/C15H31NO/c1-4-5-6-7-8-9-10-11-12-14(17)15(16)13(2)3/h13,15H,4-12,16H2,1-3H3. The van der Waals surface area contributed by atoms with Gasteiger partial charge in [-0.2, -0.15) is 0 Å². The minimum absolute atomic E-state index is 0.242. The van der Waals surface area contributed by atoms with Crippen LogP contribution in [0.1, 0.15) is 78.6 Å². The topological polar surface area (TPSA) is 43.1 Å². The van der Waals surface area contributed by atoms with Gasteiger partial charge in [-0.25, -0.2) is 0 Å². The molecule has 102 valence electrons. The quantitative estimate of drug-likeness (QED) is 0.554. The zero-order valence-corrected chi connectivity index (χ0v) is 12.0. The first-order valence-electron chi connectivity index (χ1n) is 7.37. The van der Waals surface area contributed by atoms with Gasteiger partial charge in [0.1, 0.15) is 5.78 Å². The van der Waals surface area contributed by atoms with E-state index in [1.54, 1.807) is 0 Å². The largest absolute Gasteiger partial charge is 0.321 e. The lowest BCUT2D eigenvalue weighted by Gasteiger charge is -2.13. The van der Waals surface area contributed by atoms with Crippen molar-refractivity contribution in [1.29, 1.82) is 0 Å². The fourth-order valence-electron chi connectivity index (χ4n) is 1.97. The number of ketones is 1. The third kappa shape index (κ3) is 9.34. The van der Waals surface area contributed by atoms with Gasteiger partial charge < -0.3 is 5.73 Å². The number of hydrogen-bond acceptors (Lipinski definition) is 2. The van der Waals surface area contributed by atoms with Gasteiger partial charge in [-0.1, -0.05) is 65.7 Å². The van der Waals surface area contributed by atoms with Crippen LogP contribution < -0.4 is 5.73 Å². The summed E-state index contributed by atoms with van der Waals surface area (Å²) in [5, 5.41) is 0. The van der Waals surface area contributed by atoms with E-state index in [0.717, 1.165) is 6.42 Å². The lowest BCUT2D eigenvalue weighted by molar-refractivity contribution is -0.121. The number of hydrogen-bond donors (Lipinski definition) is 1. The minimum atomic E-state index is -0.250. The molecule has 2 N–H and O–H groups in total. The van der Waals surface area contributed by atoms with E-state index >= 15 is 0 Å². The molecular formula is C15H31NO. The van der Waals surface area contributed by atoms with Crippen molar-refractivity contribution in [2.45, 2.75) is 84.6 Å². The zero-order valence-electron chi connectivity index (χ0n) is 12.0. The molecule has 0 heterocycles. The van der Waals surface area contributed by atoms with Crippen LogP contribution in [0.5, 0.6) is 0 Å². The van der Waals surface area contributed by atoms with Gasteiger partial charge in [-0.3, -0.25) is 4.79 Å². The second-order valence-corrected chi connectivity index (χ2v) is 5.46. The van der Waals surface area contributed by atoms with E-state index in [-0.39, 0.29) is 17.7 Å². The Morgan fingerprint density at radius 1 is 0.941 bits per heavy atom. The van der Waals surface area contributed by atoms with Crippen molar-refractivity contribution < 1.29 is 4.79 Å². The van der Waals surface area contributed by atoms with Crippen molar-refractivity contribution in [2.24, 2.45) is 11.7 Å². The maximum Gasteiger partial charge on any atom is 0.149 e. The fraction of sp³-hybridized carbons (Fsp3) is 0.933. The monoisotopic (exact) mass is 241 g/mol. The molecule has 0 aromatic heterocycles. The Morgan fingerprint density at radius 2 is 1.41 bits per heavy atom. The Kier molecular flexibility index (Phi) is 10.5. The third-order valence-electron chi connectivity index (χ3n) is 3.37. The molecule has 0 aliphatic carbocycles. The zero-order chi connectivity index (χ0) is 13.1. The molecule has 0 bridgehead atoms. The number of Topliss-reactive ketones (excluding diaryl/α,β-unsaturated/α-hetero) is 1. The summed E-state index contributed by atoms with van der Waals surface area (Å²) < 4.78 is 0. The van der Waals surface area contributed by atoms with Gasteiger partial charge in [0, 0.05) is 6.42 Å². The summed E-state index contributed by atoms with van der Waals surface area (Å²) in [6.07, 6.45) is 10.9. The lowest BCUT2D eigenvalue weighted by atomic mass is 9.97. The summed E-state index contributed by atoms with van der Waals surface area (Å²) in [4.78, 5) is 11.6. The van der Waals surface area contributed by atoms with Gasteiger partial charge in [0.15, 0.2) is 0 Å². The smallest absolute Gasteiger partial charge is 0.149 e. The molecule has 2 heteroatoms. The molecule has 0 radical (unpaired) electrons. The number of unbranched alkanes of at least 4 members (excludes halogenated alkanes) is 7. The van der Waals surface area contributed by atoms with Gasteiger partial charge in [0.05, 0.1) is 6.04 Å². The van der Waals surface area contributed by atoms with E-state index in [0.29, 0.717) is 6.42 Å². The first-order valence-corrected chi connectivity index (χ1v) is 7.37. The van der Waals surface area contributed by atoms with Gasteiger partial charge in [-0.15, -0.1) is 0 Å². The highest BCUT2D eigenvalue weighted by Gasteiger charge is 2.15. The Balaban J connectivity index is 3.31. The van der Waals surface area contributed by atoms with Gasteiger partial charge in [0.25, 0.3) is 0 Å². The second-order valence-electron chi connectivity index (χ2n) is 5.46. The Bertz CT molecular complexity index is 189. The lowest BCUT2D eigenvalue weighted by Crippen LogP contribution is -2.35. The highest BCUT2D eigenvalue weighted by atomic mass is 16.1. The molecule has 0 rings (SSSR count). The maximum absolute atomic E-state index is 11.6. The van der Waals surface area contributed by atoms with Crippen LogP contribution in [0.4, 0.5) is 0 Å². The predicted octanol–water partition coefficient (Wildman–Crippen LogP) is 4.07. The van der Waals surface area contributed by atoms with Crippen LogP contribution in [0, 0.1) is 5.92 Å². The molecule has 0 aromatic carbocycles. The van der Waals surface area contributed by atoms with E-state index in [1.807, 2.05) is 13.8 Å². The first kappa shape index (κ1) is 16.6. The molecule has 0 spiro atoms. The highest BCUT2D eigenvalue weighted by Crippen LogP contribution is 2.11.